The van der Waals surface area contributed by atoms with Crippen LogP contribution in [0.4, 0.5) is 0 Å². The molecule has 2 aliphatic rings. The first-order valence-electron chi connectivity index (χ1n) is 8.00. The maximum absolute atomic E-state index is 5.75. The van der Waals surface area contributed by atoms with Crippen molar-refractivity contribution < 1.29 is 4.74 Å². The lowest BCUT2D eigenvalue weighted by atomic mass is 9.68. The van der Waals surface area contributed by atoms with Crippen molar-refractivity contribution in [2.45, 2.75) is 58.1 Å². The molecule has 0 amide bonds. The van der Waals surface area contributed by atoms with Crippen LogP contribution in [0.15, 0.2) is 0 Å². The van der Waals surface area contributed by atoms with Crippen LogP contribution in [0.25, 0.3) is 0 Å². The molecule has 3 unspecified atom stereocenters. The Morgan fingerprint density at radius 1 is 1.21 bits per heavy atom. The lowest BCUT2D eigenvalue weighted by molar-refractivity contribution is 0.0544. The molecule has 3 heteroatoms. The Morgan fingerprint density at radius 2 is 2.00 bits per heavy atom. The molecule has 1 heterocycles. The number of hydrogen-bond acceptors (Lipinski definition) is 3. The zero-order chi connectivity index (χ0) is 13.9. The van der Waals surface area contributed by atoms with E-state index < -0.39 is 0 Å². The minimum atomic E-state index is 0.433. The molecular weight excluding hydrogens is 236 g/mol. The van der Waals surface area contributed by atoms with Gasteiger partial charge >= 0.3 is 0 Å². The minimum absolute atomic E-state index is 0.433. The van der Waals surface area contributed by atoms with E-state index in [0.29, 0.717) is 17.6 Å². The number of likely N-dealkylation sites (N-methyl/N-ethyl adjacent to an activating group) is 1. The first-order chi connectivity index (χ1) is 9.03. The molecule has 3 atom stereocenters. The molecule has 1 aliphatic heterocycles. The second-order valence-electron chi connectivity index (χ2n) is 7.26. The van der Waals surface area contributed by atoms with E-state index in [1.165, 1.54) is 38.6 Å². The third-order valence-electron chi connectivity index (χ3n) is 5.11. The van der Waals surface area contributed by atoms with E-state index in [9.17, 15) is 0 Å². The molecule has 1 saturated heterocycles. The van der Waals surface area contributed by atoms with Crippen LogP contribution in [-0.2, 0) is 4.74 Å². The molecule has 3 nitrogen and oxygen atoms in total. The van der Waals surface area contributed by atoms with Gasteiger partial charge in [-0.05, 0) is 51.1 Å². The second kappa shape index (κ2) is 6.55. The van der Waals surface area contributed by atoms with Crippen LogP contribution >= 0.6 is 0 Å². The van der Waals surface area contributed by atoms with Gasteiger partial charge in [-0.3, -0.25) is 0 Å². The van der Waals surface area contributed by atoms with E-state index in [2.05, 4.69) is 38.2 Å². The highest BCUT2D eigenvalue weighted by Gasteiger charge is 2.38. The summed E-state index contributed by atoms with van der Waals surface area (Å²) in [5.74, 6) is 0.778. The van der Waals surface area contributed by atoms with Gasteiger partial charge in [0.15, 0.2) is 0 Å². The van der Waals surface area contributed by atoms with Crippen LogP contribution < -0.4 is 5.32 Å². The highest BCUT2D eigenvalue weighted by molar-refractivity contribution is 4.93. The Balaban J connectivity index is 1.85. The molecule has 19 heavy (non-hydrogen) atoms. The normalized spacial score (nSPS) is 34.9. The Hall–Kier alpha value is -0.120. The van der Waals surface area contributed by atoms with Crippen LogP contribution in [0.5, 0.6) is 0 Å². The topological polar surface area (TPSA) is 24.5 Å². The summed E-state index contributed by atoms with van der Waals surface area (Å²) in [7, 11) is 4.39. The molecule has 2 rings (SSSR count). The van der Waals surface area contributed by atoms with Crippen LogP contribution in [0.3, 0.4) is 0 Å². The standard InChI is InChI=1S/C16H32N2O/c1-16(2)9-5-7-13(15(16)17-3)11-18(4)12-14-8-6-10-19-14/h13-15,17H,5-12H2,1-4H3. The second-order valence-corrected chi connectivity index (χ2v) is 7.26. The van der Waals surface area contributed by atoms with Crippen molar-refractivity contribution in [1.82, 2.24) is 10.2 Å². The Labute approximate surface area is 119 Å². The lowest BCUT2D eigenvalue weighted by Gasteiger charge is -2.45. The monoisotopic (exact) mass is 268 g/mol. The summed E-state index contributed by atoms with van der Waals surface area (Å²) < 4.78 is 5.75. The van der Waals surface area contributed by atoms with E-state index in [0.717, 1.165) is 19.1 Å². The number of rotatable bonds is 5. The summed E-state index contributed by atoms with van der Waals surface area (Å²) >= 11 is 0. The van der Waals surface area contributed by atoms with E-state index in [1.54, 1.807) is 0 Å². The van der Waals surface area contributed by atoms with Crippen LogP contribution in [0.2, 0.25) is 0 Å². The number of hydrogen-bond donors (Lipinski definition) is 1. The average Bonchev–Trinajstić information content (AvgIpc) is 2.80. The third-order valence-corrected chi connectivity index (χ3v) is 5.11. The first-order valence-corrected chi connectivity index (χ1v) is 8.00. The van der Waals surface area contributed by atoms with Crippen molar-refractivity contribution >= 4 is 0 Å². The summed E-state index contributed by atoms with van der Waals surface area (Å²) in [5, 5.41) is 3.59. The Kier molecular flexibility index (Phi) is 5.27. The zero-order valence-corrected chi connectivity index (χ0v) is 13.2. The predicted molar refractivity (Wildman–Crippen MR) is 80.4 cm³/mol. The number of ether oxygens (including phenoxy) is 1. The van der Waals surface area contributed by atoms with Gasteiger partial charge in [-0.15, -0.1) is 0 Å². The molecule has 0 bridgehead atoms. The average molecular weight is 268 g/mol. The molecule has 0 aromatic heterocycles. The Bertz CT molecular complexity index is 274. The lowest BCUT2D eigenvalue weighted by Crippen LogP contribution is -2.51. The van der Waals surface area contributed by atoms with E-state index in [4.69, 9.17) is 4.74 Å². The van der Waals surface area contributed by atoms with Crippen LogP contribution in [-0.4, -0.2) is 50.8 Å². The predicted octanol–water partition coefficient (Wildman–Crippen LogP) is 2.51. The van der Waals surface area contributed by atoms with Gasteiger partial charge in [-0.25, -0.2) is 0 Å². The molecule has 112 valence electrons. The number of nitrogens with one attached hydrogen (secondary N) is 1. The third kappa shape index (κ3) is 3.93. The quantitative estimate of drug-likeness (QED) is 0.829. The van der Waals surface area contributed by atoms with E-state index in [1.807, 2.05) is 0 Å². The van der Waals surface area contributed by atoms with Crippen molar-refractivity contribution in [3.8, 4) is 0 Å². The first kappa shape index (κ1) is 15.3. The van der Waals surface area contributed by atoms with Gasteiger partial charge in [0.25, 0.3) is 0 Å². The van der Waals surface area contributed by atoms with Crippen molar-refractivity contribution in [1.29, 1.82) is 0 Å². The van der Waals surface area contributed by atoms with Gasteiger partial charge in [0, 0.05) is 25.7 Å². The van der Waals surface area contributed by atoms with Crippen LogP contribution in [0, 0.1) is 11.3 Å². The summed E-state index contributed by atoms with van der Waals surface area (Å²) in [5.41, 5.74) is 0.433. The van der Waals surface area contributed by atoms with Gasteiger partial charge in [0.2, 0.25) is 0 Å². The fourth-order valence-corrected chi connectivity index (χ4v) is 4.21. The van der Waals surface area contributed by atoms with E-state index in [-0.39, 0.29) is 0 Å². The largest absolute Gasteiger partial charge is 0.377 e. The fourth-order valence-electron chi connectivity index (χ4n) is 4.21. The molecule has 2 fully saturated rings. The van der Waals surface area contributed by atoms with Gasteiger partial charge in [-0.2, -0.15) is 0 Å². The zero-order valence-electron chi connectivity index (χ0n) is 13.2. The van der Waals surface area contributed by atoms with Gasteiger partial charge < -0.3 is 15.0 Å². The fraction of sp³-hybridized carbons (Fsp3) is 1.00. The summed E-state index contributed by atoms with van der Waals surface area (Å²) in [4.78, 5) is 2.49. The molecule has 0 aromatic carbocycles. The molecule has 1 aliphatic carbocycles. The van der Waals surface area contributed by atoms with Crippen LogP contribution in [0.1, 0.15) is 46.0 Å². The highest BCUT2D eigenvalue weighted by atomic mass is 16.5. The summed E-state index contributed by atoms with van der Waals surface area (Å²) in [6.07, 6.45) is 7.07. The maximum atomic E-state index is 5.75. The molecule has 0 spiro atoms. The molecule has 0 radical (unpaired) electrons. The van der Waals surface area contributed by atoms with Gasteiger partial charge in [0.1, 0.15) is 0 Å². The van der Waals surface area contributed by atoms with Gasteiger partial charge in [-0.1, -0.05) is 20.3 Å². The highest BCUT2D eigenvalue weighted by Crippen LogP contribution is 2.39. The summed E-state index contributed by atoms with van der Waals surface area (Å²) in [6.45, 7) is 8.11. The minimum Gasteiger partial charge on any atom is -0.377 e. The smallest absolute Gasteiger partial charge is 0.0702 e. The molecular formula is C16H32N2O. The van der Waals surface area contributed by atoms with Gasteiger partial charge in [0.05, 0.1) is 6.10 Å². The van der Waals surface area contributed by atoms with Crippen molar-refractivity contribution in [3.63, 3.8) is 0 Å². The molecule has 0 aromatic rings. The van der Waals surface area contributed by atoms with E-state index >= 15 is 0 Å². The Morgan fingerprint density at radius 3 is 2.63 bits per heavy atom. The number of nitrogens with zero attached hydrogens (tertiary/aromatic N) is 1. The van der Waals surface area contributed by atoms with Crippen molar-refractivity contribution in [2.75, 3.05) is 33.8 Å². The molecule has 1 saturated carbocycles. The van der Waals surface area contributed by atoms with Crippen molar-refractivity contribution in [3.05, 3.63) is 0 Å². The SMILES string of the molecule is CNC1C(CN(C)CC2CCCO2)CCCC1(C)C. The maximum Gasteiger partial charge on any atom is 0.0702 e. The van der Waals surface area contributed by atoms with Crippen molar-refractivity contribution in [2.24, 2.45) is 11.3 Å². The summed E-state index contributed by atoms with van der Waals surface area (Å²) in [6, 6.07) is 0.646. The molecule has 1 N–H and O–H groups in total.